The number of aromatic nitrogens is 4. The number of fused-ring (bicyclic) bond motifs is 1. The van der Waals surface area contributed by atoms with Crippen LogP contribution in [0.1, 0.15) is 39.8 Å². The maximum Gasteiger partial charge on any atom is 0.245 e. The fourth-order valence-corrected chi connectivity index (χ4v) is 2.82. The minimum Gasteiger partial charge on any atom is -0.476 e. The predicted octanol–water partition coefficient (Wildman–Crippen LogP) is 2.56. The molecule has 0 bridgehead atoms. The molecule has 6 nitrogen and oxygen atoms in total. The van der Waals surface area contributed by atoms with Crippen LogP contribution in [0, 0.1) is 5.92 Å². The van der Waals surface area contributed by atoms with Crippen molar-refractivity contribution in [2.75, 3.05) is 6.61 Å². The third-order valence-electron chi connectivity index (χ3n) is 3.86. The first-order valence-corrected chi connectivity index (χ1v) is 7.20. The smallest absolute Gasteiger partial charge is 0.245 e. The lowest BCUT2D eigenvalue weighted by Gasteiger charge is -2.14. The van der Waals surface area contributed by atoms with Crippen LogP contribution >= 0.6 is 0 Å². The summed E-state index contributed by atoms with van der Waals surface area (Å²) < 4.78 is 13.6. The van der Waals surface area contributed by atoms with Gasteiger partial charge >= 0.3 is 0 Å². The van der Waals surface area contributed by atoms with Gasteiger partial charge in [-0.2, -0.15) is 4.98 Å². The third-order valence-corrected chi connectivity index (χ3v) is 3.86. The first-order chi connectivity index (χ1) is 9.74. The molecular weight excluding hydrogens is 256 g/mol. The van der Waals surface area contributed by atoms with E-state index in [9.17, 15) is 0 Å². The lowest BCUT2D eigenvalue weighted by Crippen LogP contribution is -2.12. The molecule has 3 heterocycles. The molecule has 1 unspecified atom stereocenters. The summed E-state index contributed by atoms with van der Waals surface area (Å²) in [6.45, 7) is 6.88. The largest absolute Gasteiger partial charge is 0.476 e. The molecule has 2 aromatic heterocycles. The minimum atomic E-state index is 0.00401. The van der Waals surface area contributed by atoms with Crippen LogP contribution in [-0.2, 0) is 4.74 Å². The summed E-state index contributed by atoms with van der Waals surface area (Å²) in [5.41, 5.74) is 1.47. The topological polar surface area (TPSA) is 62.1 Å². The molecule has 1 fully saturated rings. The van der Waals surface area contributed by atoms with Gasteiger partial charge in [-0.05, 0) is 25.7 Å². The summed E-state index contributed by atoms with van der Waals surface area (Å²) in [7, 11) is 0. The van der Waals surface area contributed by atoms with Crippen LogP contribution in [0.15, 0.2) is 12.7 Å². The van der Waals surface area contributed by atoms with Gasteiger partial charge in [-0.1, -0.05) is 13.8 Å². The Morgan fingerprint density at radius 3 is 2.90 bits per heavy atom. The number of rotatable bonds is 4. The Morgan fingerprint density at radius 1 is 1.35 bits per heavy atom. The zero-order valence-electron chi connectivity index (χ0n) is 12.1. The van der Waals surface area contributed by atoms with Gasteiger partial charge in [0.1, 0.15) is 12.6 Å². The maximum absolute atomic E-state index is 6.10. The Hall–Kier alpha value is -1.69. The van der Waals surface area contributed by atoms with Gasteiger partial charge in [0.05, 0.1) is 19.0 Å². The van der Waals surface area contributed by atoms with Gasteiger partial charge in [-0.3, -0.25) is 4.57 Å². The molecule has 0 spiro atoms. The number of ether oxygens (including phenoxy) is 2. The van der Waals surface area contributed by atoms with Crippen molar-refractivity contribution >= 4 is 11.2 Å². The van der Waals surface area contributed by atoms with Crippen LogP contribution in [0.5, 0.6) is 5.88 Å². The summed E-state index contributed by atoms with van der Waals surface area (Å²) in [6.07, 6.45) is 5.62. The van der Waals surface area contributed by atoms with E-state index in [2.05, 4.69) is 28.8 Å². The van der Waals surface area contributed by atoms with E-state index in [4.69, 9.17) is 9.47 Å². The molecule has 3 rings (SSSR count). The summed E-state index contributed by atoms with van der Waals surface area (Å²) in [4.78, 5) is 12.9. The van der Waals surface area contributed by atoms with Crippen molar-refractivity contribution < 1.29 is 9.47 Å². The quantitative estimate of drug-likeness (QED) is 0.858. The van der Waals surface area contributed by atoms with Crippen LogP contribution < -0.4 is 4.74 Å². The summed E-state index contributed by atoms with van der Waals surface area (Å²) in [5.74, 6) is 1.09. The van der Waals surface area contributed by atoms with Gasteiger partial charge in [-0.25, -0.2) is 9.97 Å². The molecule has 0 amide bonds. The van der Waals surface area contributed by atoms with Crippen LogP contribution in [0.2, 0.25) is 0 Å². The minimum absolute atomic E-state index is 0.00401. The molecule has 1 aliphatic heterocycles. The highest BCUT2D eigenvalue weighted by molar-refractivity contribution is 5.75. The summed E-state index contributed by atoms with van der Waals surface area (Å²) in [5, 5.41) is 0. The van der Waals surface area contributed by atoms with E-state index in [-0.39, 0.29) is 6.23 Å². The van der Waals surface area contributed by atoms with Crippen molar-refractivity contribution in [3.63, 3.8) is 0 Å². The highest BCUT2D eigenvalue weighted by Gasteiger charge is 2.33. The zero-order valence-corrected chi connectivity index (χ0v) is 12.1. The van der Waals surface area contributed by atoms with Gasteiger partial charge in [0.25, 0.3) is 0 Å². The predicted molar refractivity (Wildman–Crippen MR) is 74.5 cm³/mol. The zero-order chi connectivity index (χ0) is 14.1. The number of hydrogen-bond acceptors (Lipinski definition) is 5. The standard InChI is InChI=1S/C14H20N4O2/c1-4-10-9(3)6-11(20-10)18-8-17-12-13(18)15-7-16-14(12)19-5-2/h7-11H,4-6H2,1-3H3/t9?,10-,11-/m1/s1. The van der Waals surface area contributed by atoms with E-state index in [1.54, 1.807) is 6.33 Å². The molecule has 6 heteroatoms. The first-order valence-electron chi connectivity index (χ1n) is 7.20. The van der Waals surface area contributed by atoms with E-state index < -0.39 is 0 Å². The van der Waals surface area contributed by atoms with Gasteiger partial charge in [0, 0.05) is 0 Å². The van der Waals surface area contributed by atoms with Gasteiger partial charge in [-0.15, -0.1) is 0 Å². The monoisotopic (exact) mass is 276 g/mol. The fourth-order valence-electron chi connectivity index (χ4n) is 2.82. The second-order valence-corrected chi connectivity index (χ2v) is 5.19. The highest BCUT2D eigenvalue weighted by Crippen LogP contribution is 2.36. The third kappa shape index (κ3) is 2.14. The molecule has 1 saturated heterocycles. The molecule has 0 aromatic carbocycles. The average Bonchev–Trinajstić information content (AvgIpc) is 3.03. The number of nitrogens with zero attached hydrogens (tertiary/aromatic N) is 4. The highest BCUT2D eigenvalue weighted by atomic mass is 16.5. The molecule has 0 radical (unpaired) electrons. The van der Waals surface area contributed by atoms with Crippen molar-refractivity contribution in [1.82, 2.24) is 19.5 Å². The van der Waals surface area contributed by atoms with Gasteiger partial charge in [0.2, 0.25) is 5.88 Å². The summed E-state index contributed by atoms with van der Waals surface area (Å²) >= 11 is 0. The molecule has 2 aromatic rings. The Kier molecular flexibility index (Phi) is 3.56. The van der Waals surface area contributed by atoms with Crippen LogP contribution in [0.4, 0.5) is 0 Å². The molecule has 108 valence electrons. The van der Waals surface area contributed by atoms with E-state index in [0.717, 1.165) is 18.5 Å². The number of imidazole rings is 1. The molecule has 20 heavy (non-hydrogen) atoms. The Morgan fingerprint density at radius 2 is 2.20 bits per heavy atom. The van der Waals surface area contributed by atoms with Crippen LogP contribution in [-0.4, -0.2) is 32.2 Å². The first kappa shape index (κ1) is 13.3. The van der Waals surface area contributed by atoms with Crippen LogP contribution in [0.3, 0.4) is 0 Å². The molecule has 3 atom stereocenters. The Bertz CT molecular complexity index is 598. The molecular formula is C14H20N4O2. The Balaban J connectivity index is 1.95. The maximum atomic E-state index is 6.10. The van der Waals surface area contributed by atoms with Crippen molar-refractivity contribution in [2.24, 2.45) is 5.92 Å². The van der Waals surface area contributed by atoms with Gasteiger partial charge in [0.15, 0.2) is 11.2 Å². The molecule has 0 aliphatic carbocycles. The number of hydrogen-bond donors (Lipinski definition) is 0. The average molecular weight is 276 g/mol. The van der Waals surface area contributed by atoms with Gasteiger partial charge < -0.3 is 9.47 Å². The lowest BCUT2D eigenvalue weighted by atomic mass is 10.0. The van der Waals surface area contributed by atoms with E-state index in [1.807, 2.05) is 11.5 Å². The molecule has 0 saturated carbocycles. The van der Waals surface area contributed by atoms with E-state index in [0.29, 0.717) is 30.0 Å². The van der Waals surface area contributed by atoms with Crippen molar-refractivity contribution in [1.29, 1.82) is 0 Å². The second kappa shape index (κ2) is 5.36. The van der Waals surface area contributed by atoms with Crippen molar-refractivity contribution in [3.8, 4) is 5.88 Å². The van der Waals surface area contributed by atoms with Crippen LogP contribution in [0.25, 0.3) is 11.2 Å². The Labute approximate surface area is 118 Å². The molecule has 1 aliphatic rings. The normalized spacial score (nSPS) is 26.2. The van der Waals surface area contributed by atoms with E-state index >= 15 is 0 Å². The SMILES string of the molecule is CCOc1ncnc2c1ncn2[C@H]1CC(C)[C@@H](CC)O1. The molecule has 0 N–H and O–H groups in total. The second-order valence-electron chi connectivity index (χ2n) is 5.19. The summed E-state index contributed by atoms with van der Waals surface area (Å²) in [6, 6.07) is 0. The van der Waals surface area contributed by atoms with E-state index in [1.165, 1.54) is 6.33 Å². The lowest BCUT2D eigenvalue weighted by molar-refractivity contribution is -0.00304. The van der Waals surface area contributed by atoms with Crippen molar-refractivity contribution in [2.45, 2.75) is 45.9 Å². The van der Waals surface area contributed by atoms with Crippen molar-refractivity contribution in [3.05, 3.63) is 12.7 Å². The fraction of sp³-hybridized carbons (Fsp3) is 0.643.